The largest absolute Gasteiger partial charge is 0.496 e. The molecular weight excluding hydrogens is 390 g/mol. The van der Waals surface area contributed by atoms with Gasteiger partial charge < -0.3 is 4.74 Å². The molecular formula is C13H10BrN3OS3. The van der Waals surface area contributed by atoms with Crippen LogP contribution in [-0.4, -0.2) is 22.3 Å². The van der Waals surface area contributed by atoms with E-state index in [2.05, 4.69) is 36.5 Å². The van der Waals surface area contributed by atoms with Gasteiger partial charge in [0.25, 0.3) is 0 Å². The van der Waals surface area contributed by atoms with Gasteiger partial charge in [-0.2, -0.15) is 0 Å². The van der Waals surface area contributed by atoms with Crippen molar-refractivity contribution < 1.29 is 4.74 Å². The Balaban J connectivity index is 1.79. The molecule has 0 aliphatic carbocycles. The molecule has 4 nitrogen and oxygen atoms in total. The number of aromatic nitrogens is 3. The van der Waals surface area contributed by atoms with Gasteiger partial charge in [-0.1, -0.05) is 39.0 Å². The third-order valence-corrected chi connectivity index (χ3v) is 5.94. The van der Waals surface area contributed by atoms with Crippen LogP contribution in [0.3, 0.4) is 0 Å². The van der Waals surface area contributed by atoms with Crippen LogP contribution in [0.5, 0.6) is 5.75 Å². The number of nitrogens with zero attached hydrogens (tertiary/aromatic N) is 3. The monoisotopic (exact) mass is 399 g/mol. The molecule has 0 radical (unpaired) electrons. The Hall–Kier alpha value is -0.960. The van der Waals surface area contributed by atoms with Crippen LogP contribution < -0.4 is 4.74 Å². The Morgan fingerprint density at radius 1 is 1.33 bits per heavy atom. The Morgan fingerprint density at radius 3 is 3.00 bits per heavy atom. The van der Waals surface area contributed by atoms with Gasteiger partial charge in [-0.3, -0.25) is 0 Å². The van der Waals surface area contributed by atoms with Crippen molar-refractivity contribution in [3.05, 3.63) is 39.3 Å². The molecule has 0 fully saturated rings. The van der Waals surface area contributed by atoms with Crippen LogP contribution in [0.15, 0.2) is 37.9 Å². The third kappa shape index (κ3) is 3.63. The van der Waals surface area contributed by atoms with Crippen LogP contribution in [0.25, 0.3) is 10.6 Å². The van der Waals surface area contributed by atoms with Crippen LogP contribution in [0.1, 0.15) is 5.69 Å². The maximum atomic E-state index is 5.41. The third-order valence-electron chi connectivity index (χ3n) is 2.63. The fourth-order valence-electron chi connectivity index (χ4n) is 1.71. The second kappa shape index (κ2) is 6.87. The first-order valence-electron chi connectivity index (χ1n) is 5.93. The predicted octanol–water partition coefficient (Wildman–Crippen LogP) is 4.73. The maximum absolute atomic E-state index is 5.41. The smallest absolute Gasteiger partial charge is 0.174 e. The number of thioether (sulfide) groups is 1. The number of hydrogen-bond donors (Lipinski definition) is 0. The zero-order valence-electron chi connectivity index (χ0n) is 10.9. The molecule has 2 heterocycles. The molecule has 108 valence electrons. The summed E-state index contributed by atoms with van der Waals surface area (Å²) in [5.41, 5.74) is 3.78. The SMILES string of the molecule is COc1ccc(Br)cc1-c1nc(CSc2nncs2)cs1. The summed E-state index contributed by atoms with van der Waals surface area (Å²) >= 11 is 8.30. The van der Waals surface area contributed by atoms with E-state index in [0.29, 0.717) is 0 Å². The minimum atomic E-state index is 0.794. The molecule has 21 heavy (non-hydrogen) atoms. The molecule has 0 aliphatic heterocycles. The van der Waals surface area contributed by atoms with E-state index in [1.54, 1.807) is 47.1 Å². The van der Waals surface area contributed by atoms with Crippen molar-refractivity contribution in [1.82, 2.24) is 15.2 Å². The number of methoxy groups -OCH3 is 1. The van der Waals surface area contributed by atoms with Crippen molar-refractivity contribution in [1.29, 1.82) is 0 Å². The van der Waals surface area contributed by atoms with Gasteiger partial charge in [0.15, 0.2) is 4.34 Å². The van der Waals surface area contributed by atoms with E-state index in [0.717, 1.165) is 36.6 Å². The minimum absolute atomic E-state index is 0.794. The highest BCUT2D eigenvalue weighted by Crippen LogP contribution is 2.35. The molecule has 0 unspecified atom stereocenters. The second-order valence-corrected chi connectivity index (χ2v) is 7.81. The highest BCUT2D eigenvalue weighted by Gasteiger charge is 2.11. The lowest BCUT2D eigenvalue weighted by Crippen LogP contribution is -1.88. The Bertz CT molecular complexity index is 730. The molecule has 3 aromatic rings. The summed E-state index contributed by atoms with van der Waals surface area (Å²) in [7, 11) is 1.67. The van der Waals surface area contributed by atoms with Gasteiger partial charge >= 0.3 is 0 Å². The maximum Gasteiger partial charge on any atom is 0.174 e. The van der Waals surface area contributed by atoms with Gasteiger partial charge in [-0.25, -0.2) is 4.98 Å². The number of benzene rings is 1. The van der Waals surface area contributed by atoms with Gasteiger partial charge in [-0.15, -0.1) is 21.5 Å². The van der Waals surface area contributed by atoms with Crippen molar-refractivity contribution in [3.63, 3.8) is 0 Å². The fourth-order valence-corrected chi connectivity index (χ4v) is 4.39. The summed E-state index contributed by atoms with van der Waals surface area (Å²) in [4.78, 5) is 4.68. The molecule has 0 N–H and O–H groups in total. The zero-order chi connectivity index (χ0) is 14.7. The van der Waals surface area contributed by atoms with E-state index in [9.17, 15) is 0 Å². The highest BCUT2D eigenvalue weighted by atomic mass is 79.9. The second-order valence-electron chi connectivity index (χ2n) is 3.98. The normalized spacial score (nSPS) is 10.8. The average Bonchev–Trinajstić information content (AvgIpc) is 3.16. The summed E-state index contributed by atoms with van der Waals surface area (Å²) in [5.74, 6) is 1.62. The number of rotatable bonds is 5. The molecule has 0 spiro atoms. The predicted molar refractivity (Wildman–Crippen MR) is 91.3 cm³/mol. The molecule has 0 atom stereocenters. The van der Waals surface area contributed by atoms with E-state index in [1.807, 2.05) is 18.2 Å². The number of thiazole rings is 1. The van der Waals surface area contributed by atoms with E-state index in [1.165, 1.54) is 0 Å². The highest BCUT2D eigenvalue weighted by molar-refractivity contribution is 9.10. The molecule has 0 bridgehead atoms. The first-order chi connectivity index (χ1) is 10.3. The Labute approximate surface area is 142 Å². The van der Waals surface area contributed by atoms with Crippen molar-refractivity contribution in [2.45, 2.75) is 10.1 Å². The van der Waals surface area contributed by atoms with Crippen LogP contribution >= 0.6 is 50.4 Å². The lowest BCUT2D eigenvalue weighted by Gasteiger charge is -2.06. The van der Waals surface area contributed by atoms with Crippen LogP contribution in [0.4, 0.5) is 0 Å². The lowest BCUT2D eigenvalue weighted by molar-refractivity contribution is 0.416. The van der Waals surface area contributed by atoms with Crippen molar-refractivity contribution >= 4 is 50.4 Å². The summed E-state index contributed by atoms with van der Waals surface area (Å²) < 4.78 is 7.38. The van der Waals surface area contributed by atoms with Gasteiger partial charge in [-0.05, 0) is 18.2 Å². The Kier molecular flexibility index (Phi) is 4.89. The summed E-state index contributed by atoms with van der Waals surface area (Å²) in [6.45, 7) is 0. The van der Waals surface area contributed by atoms with Crippen LogP contribution in [0, 0.1) is 0 Å². The molecule has 0 amide bonds. The minimum Gasteiger partial charge on any atom is -0.496 e. The summed E-state index contributed by atoms with van der Waals surface area (Å²) in [6, 6.07) is 5.93. The van der Waals surface area contributed by atoms with E-state index >= 15 is 0 Å². The fraction of sp³-hybridized carbons (Fsp3) is 0.154. The van der Waals surface area contributed by atoms with Gasteiger partial charge in [0.05, 0.1) is 18.4 Å². The van der Waals surface area contributed by atoms with Crippen LogP contribution in [0.2, 0.25) is 0 Å². The molecule has 3 rings (SSSR count). The van der Waals surface area contributed by atoms with Crippen molar-refractivity contribution in [2.75, 3.05) is 7.11 Å². The molecule has 0 aliphatic rings. The average molecular weight is 400 g/mol. The molecule has 0 saturated heterocycles. The topological polar surface area (TPSA) is 47.9 Å². The summed E-state index contributed by atoms with van der Waals surface area (Å²) in [6.07, 6.45) is 0. The summed E-state index contributed by atoms with van der Waals surface area (Å²) in [5, 5.41) is 10.9. The molecule has 2 aromatic heterocycles. The molecule has 0 saturated carbocycles. The molecule has 1 aromatic carbocycles. The van der Waals surface area contributed by atoms with Crippen molar-refractivity contribution in [3.8, 4) is 16.3 Å². The van der Waals surface area contributed by atoms with Crippen molar-refractivity contribution in [2.24, 2.45) is 0 Å². The van der Waals surface area contributed by atoms with E-state index in [-0.39, 0.29) is 0 Å². The van der Waals surface area contributed by atoms with Gasteiger partial charge in [0, 0.05) is 15.6 Å². The van der Waals surface area contributed by atoms with E-state index < -0.39 is 0 Å². The quantitative estimate of drug-likeness (QED) is 0.580. The first-order valence-corrected chi connectivity index (χ1v) is 9.47. The standard InChI is InChI=1S/C13H10BrN3OS3/c1-18-11-3-2-8(14)4-10(11)12-16-9(5-19-12)6-20-13-17-15-7-21-13/h2-5,7H,6H2,1H3. The first kappa shape index (κ1) is 15.0. The zero-order valence-corrected chi connectivity index (χ0v) is 15.0. The lowest BCUT2D eigenvalue weighted by atomic mass is 10.2. The number of ether oxygens (including phenoxy) is 1. The van der Waals surface area contributed by atoms with Gasteiger partial charge in [0.2, 0.25) is 0 Å². The number of hydrogen-bond acceptors (Lipinski definition) is 7. The van der Waals surface area contributed by atoms with Crippen LogP contribution in [-0.2, 0) is 5.75 Å². The molecule has 8 heteroatoms. The van der Waals surface area contributed by atoms with Gasteiger partial charge in [0.1, 0.15) is 16.3 Å². The van der Waals surface area contributed by atoms with E-state index in [4.69, 9.17) is 4.74 Å². The Morgan fingerprint density at radius 2 is 2.24 bits per heavy atom. The number of halogens is 1.